The van der Waals surface area contributed by atoms with E-state index in [0.717, 1.165) is 6.92 Å². The fourth-order valence-electron chi connectivity index (χ4n) is 1.43. The van der Waals surface area contributed by atoms with Gasteiger partial charge >= 0.3 is 6.18 Å². The van der Waals surface area contributed by atoms with Gasteiger partial charge in [-0.05, 0) is 12.5 Å². The molecule has 0 aliphatic heterocycles. The van der Waals surface area contributed by atoms with E-state index in [9.17, 15) is 22.0 Å². The number of pyridine rings is 1. The minimum atomic E-state index is -4.88. The fraction of sp³-hybridized carbons (Fsp3) is 0.400. The largest absolute Gasteiger partial charge is 0.418 e. The van der Waals surface area contributed by atoms with Crippen LogP contribution < -0.4 is 0 Å². The van der Waals surface area contributed by atoms with Gasteiger partial charge < -0.3 is 0 Å². The first-order chi connectivity index (χ1) is 7.79. The van der Waals surface area contributed by atoms with Crippen LogP contribution in [-0.2, 0) is 12.6 Å². The van der Waals surface area contributed by atoms with E-state index in [1.165, 1.54) is 0 Å². The molecular formula is C10H7F5N2. The van der Waals surface area contributed by atoms with Crippen molar-refractivity contribution in [3.63, 3.8) is 0 Å². The topological polar surface area (TPSA) is 36.7 Å². The lowest BCUT2D eigenvalue weighted by Crippen LogP contribution is -2.13. The SMILES string of the molecule is Cc1c(CC#N)ncc(C(F)(F)F)c1C(F)F. The standard InChI is InChI=1S/C10H7F5N2/c1-5-7(2-3-16)17-4-6(10(13,14)15)8(5)9(11)12/h4,9H,2H2,1H3. The lowest BCUT2D eigenvalue weighted by Gasteiger charge is -2.15. The Morgan fingerprint density at radius 1 is 1.41 bits per heavy atom. The van der Waals surface area contributed by atoms with Crippen molar-refractivity contribution in [1.29, 1.82) is 5.26 Å². The molecule has 0 unspecified atom stereocenters. The van der Waals surface area contributed by atoms with Crippen molar-refractivity contribution in [2.45, 2.75) is 25.9 Å². The molecule has 0 aromatic carbocycles. The number of hydrogen-bond acceptors (Lipinski definition) is 2. The zero-order valence-electron chi connectivity index (χ0n) is 8.65. The van der Waals surface area contributed by atoms with E-state index in [1.807, 2.05) is 0 Å². The highest BCUT2D eigenvalue weighted by Gasteiger charge is 2.37. The predicted octanol–water partition coefficient (Wildman–Crippen LogP) is 3.41. The van der Waals surface area contributed by atoms with Gasteiger partial charge in [-0.15, -0.1) is 0 Å². The summed E-state index contributed by atoms with van der Waals surface area (Å²) >= 11 is 0. The van der Waals surface area contributed by atoms with Crippen molar-refractivity contribution in [1.82, 2.24) is 4.98 Å². The lowest BCUT2D eigenvalue weighted by atomic mass is 10.0. The normalized spacial score (nSPS) is 11.6. The molecule has 92 valence electrons. The molecule has 0 bridgehead atoms. The summed E-state index contributed by atoms with van der Waals surface area (Å²) in [5.41, 5.74) is -2.89. The Bertz CT molecular complexity index is 459. The first kappa shape index (κ1) is 13.4. The molecule has 7 heteroatoms. The molecule has 0 atom stereocenters. The predicted molar refractivity (Wildman–Crippen MR) is 48.3 cm³/mol. The van der Waals surface area contributed by atoms with Gasteiger partial charge in [0.25, 0.3) is 6.43 Å². The molecule has 0 aliphatic carbocycles. The first-order valence-corrected chi connectivity index (χ1v) is 4.49. The highest BCUT2D eigenvalue weighted by atomic mass is 19.4. The monoisotopic (exact) mass is 250 g/mol. The average molecular weight is 250 g/mol. The number of rotatable bonds is 2. The number of halogens is 5. The van der Waals surface area contributed by atoms with Crippen LogP contribution in [0.25, 0.3) is 0 Å². The second kappa shape index (κ2) is 4.65. The highest BCUT2D eigenvalue weighted by molar-refractivity contribution is 5.39. The first-order valence-electron chi connectivity index (χ1n) is 4.49. The van der Waals surface area contributed by atoms with Crippen LogP contribution in [-0.4, -0.2) is 4.98 Å². The highest BCUT2D eigenvalue weighted by Crippen LogP contribution is 2.38. The minimum absolute atomic E-state index is 0.0594. The van der Waals surface area contributed by atoms with Crippen molar-refractivity contribution >= 4 is 0 Å². The van der Waals surface area contributed by atoms with E-state index < -0.39 is 23.7 Å². The fourth-order valence-corrected chi connectivity index (χ4v) is 1.43. The number of hydrogen-bond donors (Lipinski definition) is 0. The van der Waals surface area contributed by atoms with Gasteiger partial charge in [-0.1, -0.05) is 0 Å². The molecule has 1 aromatic heterocycles. The molecular weight excluding hydrogens is 243 g/mol. The van der Waals surface area contributed by atoms with Crippen LogP contribution >= 0.6 is 0 Å². The lowest BCUT2D eigenvalue weighted by molar-refractivity contribution is -0.139. The van der Waals surface area contributed by atoms with Crippen LogP contribution in [0.2, 0.25) is 0 Å². The van der Waals surface area contributed by atoms with Gasteiger partial charge in [0.2, 0.25) is 0 Å². The Labute approximate surface area is 93.7 Å². The summed E-state index contributed by atoms with van der Waals surface area (Å²) in [6, 6.07) is 1.66. The van der Waals surface area contributed by atoms with E-state index in [4.69, 9.17) is 5.26 Å². The quantitative estimate of drug-likeness (QED) is 0.754. The van der Waals surface area contributed by atoms with E-state index >= 15 is 0 Å². The Kier molecular flexibility index (Phi) is 3.66. The van der Waals surface area contributed by atoms with Gasteiger partial charge in [0.15, 0.2) is 0 Å². The van der Waals surface area contributed by atoms with E-state index in [1.54, 1.807) is 6.07 Å². The molecule has 0 amide bonds. The van der Waals surface area contributed by atoms with Gasteiger partial charge in [0.1, 0.15) is 0 Å². The summed E-state index contributed by atoms with van der Waals surface area (Å²) in [6.07, 6.45) is -8.09. The zero-order chi connectivity index (χ0) is 13.2. The van der Waals surface area contributed by atoms with Crippen molar-refractivity contribution in [3.8, 4) is 6.07 Å². The minimum Gasteiger partial charge on any atom is -0.259 e. The molecule has 0 spiro atoms. The van der Waals surface area contributed by atoms with Gasteiger partial charge in [-0.25, -0.2) is 8.78 Å². The Morgan fingerprint density at radius 2 is 2.00 bits per heavy atom. The Morgan fingerprint density at radius 3 is 2.41 bits per heavy atom. The van der Waals surface area contributed by atoms with E-state index in [0.29, 0.717) is 6.20 Å². The maximum absolute atomic E-state index is 12.6. The van der Waals surface area contributed by atoms with Crippen LogP contribution in [0.5, 0.6) is 0 Å². The molecule has 17 heavy (non-hydrogen) atoms. The summed E-state index contributed by atoms with van der Waals surface area (Å²) in [5.74, 6) is 0. The smallest absolute Gasteiger partial charge is 0.259 e. The third kappa shape index (κ3) is 2.70. The molecule has 1 rings (SSSR count). The van der Waals surface area contributed by atoms with Crippen molar-refractivity contribution < 1.29 is 22.0 Å². The van der Waals surface area contributed by atoms with Crippen LogP contribution in [0.15, 0.2) is 6.20 Å². The van der Waals surface area contributed by atoms with Crippen LogP contribution in [0.1, 0.15) is 28.8 Å². The van der Waals surface area contributed by atoms with E-state index in [-0.39, 0.29) is 17.7 Å². The number of alkyl halides is 5. The maximum Gasteiger partial charge on any atom is 0.418 e. The van der Waals surface area contributed by atoms with Gasteiger partial charge in [-0.2, -0.15) is 18.4 Å². The molecule has 1 aromatic rings. The molecule has 0 aliphatic rings. The Balaban J connectivity index is 3.46. The molecule has 0 N–H and O–H groups in total. The number of nitriles is 1. The number of aromatic nitrogens is 1. The molecule has 0 saturated carbocycles. The molecule has 2 nitrogen and oxygen atoms in total. The summed E-state index contributed by atoms with van der Waals surface area (Å²) in [6.45, 7) is 1.11. The maximum atomic E-state index is 12.6. The molecule has 1 heterocycles. The van der Waals surface area contributed by atoms with Crippen LogP contribution in [0.3, 0.4) is 0 Å². The van der Waals surface area contributed by atoms with Gasteiger partial charge in [-0.3, -0.25) is 4.98 Å². The summed E-state index contributed by atoms with van der Waals surface area (Å²) < 4.78 is 62.7. The van der Waals surface area contributed by atoms with Crippen molar-refractivity contribution in [3.05, 3.63) is 28.6 Å². The van der Waals surface area contributed by atoms with Crippen molar-refractivity contribution in [2.75, 3.05) is 0 Å². The third-order valence-corrected chi connectivity index (χ3v) is 2.25. The molecule has 0 saturated heterocycles. The van der Waals surface area contributed by atoms with Gasteiger partial charge in [0, 0.05) is 11.8 Å². The van der Waals surface area contributed by atoms with Crippen LogP contribution in [0.4, 0.5) is 22.0 Å². The Hall–Kier alpha value is -1.71. The average Bonchev–Trinajstić information content (AvgIpc) is 2.18. The molecule has 0 radical (unpaired) electrons. The second-order valence-electron chi connectivity index (χ2n) is 3.29. The second-order valence-corrected chi connectivity index (χ2v) is 3.29. The summed E-state index contributed by atoms with van der Waals surface area (Å²) in [4.78, 5) is 3.40. The zero-order valence-corrected chi connectivity index (χ0v) is 8.65. The summed E-state index contributed by atoms with van der Waals surface area (Å²) in [5, 5.41) is 8.40. The van der Waals surface area contributed by atoms with E-state index in [2.05, 4.69) is 4.98 Å². The third-order valence-electron chi connectivity index (χ3n) is 2.25. The molecule has 0 fully saturated rings. The summed E-state index contributed by atoms with van der Waals surface area (Å²) in [7, 11) is 0. The van der Waals surface area contributed by atoms with Crippen LogP contribution in [0, 0.1) is 18.3 Å². The number of nitrogens with zero attached hydrogens (tertiary/aromatic N) is 2. The van der Waals surface area contributed by atoms with Gasteiger partial charge in [0.05, 0.1) is 23.7 Å². The van der Waals surface area contributed by atoms with Crippen molar-refractivity contribution in [2.24, 2.45) is 0 Å².